The Morgan fingerprint density at radius 2 is 2.31 bits per heavy atom. The van der Waals surface area contributed by atoms with E-state index in [1.807, 2.05) is 4.90 Å². The second-order valence-electron chi connectivity index (χ2n) is 4.30. The Labute approximate surface area is 94.7 Å². The third kappa shape index (κ3) is 1.81. The fourth-order valence-corrected chi connectivity index (χ4v) is 2.41. The fraction of sp³-hybridized carbons (Fsp3) is 0.636. The standard InChI is InChI=1S/C11H17FN4/c1-3-8-5-4-7(2)16(8)10-9(12)6-14-11(13)15-10/h6-8H,3-5H2,1-2H3,(H2,13,14,15). The largest absolute Gasteiger partial charge is 0.368 e. The molecule has 0 spiro atoms. The third-order valence-corrected chi connectivity index (χ3v) is 3.25. The molecule has 16 heavy (non-hydrogen) atoms. The number of hydrogen-bond acceptors (Lipinski definition) is 4. The Morgan fingerprint density at radius 3 is 3.00 bits per heavy atom. The normalized spacial score (nSPS) is 25.1. The van der Waals surface area contributed by atoms with Gasteiger partial charge in [-0.05, 0) is 26.2 Å². The van der Waals surface area contributed by atoms with Gasteiger partial charge in [-0.15, -0.1) is 0 Å². The summed E-state index contributed by atoms with van der Waals surface area (Å²) >= 11 is 0. The van der Waals surface area contributed by atoms with E-state index in [2.05, 4.69) is 23.8 Å². The van der Waals surface area contributed by atoms with E-state index in [1.165, 1.54) is 0 Å². The molecule has 1 aliphatic rings. The van der Waals surface area contributed by atoms with Crippen molar-refractivity contribution in [3.05, 3.63) is 12.0 Å². The van der Waals surface area contributed by atoms with Crippen LogP contribution in [0.25, 0.3) is 0 Å². The smallest absolute Gasteiger partial charge is 0.222 e. The molecule has 0 aliphatic carbocycles. The molecule has 1 aliphatic heterocycles. The predicted octanol–water partition coefficient (Wildman–Crippen LogP) is 1.97. The first-order valence-electron chi connectivity index (χ1n) is 5.69. The highest BCUT2D eigenvalue weighted by molar-refractivity contribution is 5.45. The zero-order chi connectivity index (χ0) is 11.7. The molecule has 1 saturated heterocycles. The summed E-state index contributed by atoms with van der Waals surface area (Å²) in [5, 5.41) is 0. The highest BCUT2D eigenvalue weighted by Crippen LogP contribution is 2.32. The van der Waals surface area contributed by atoms with Crippen molar-refractivity contribution < 1.29 is 4.39 Å². The van der Waals surface area contributed by atoms with E-state index >= 15 is 0 Å². The maximum atomic E-state index is 13.7. The van der Waals surface area contributed by atoms with E-state index in [1.54, 1.807) is 0 Å². The van der Waals surface area contributed by atoms with Gasteiger partial charge in [0.1, 0.15) is 0 Å². The lowest BCUT2D eigenvalue weighted by atomic mass is 10.1. The Bertz CT molecular complexity index is 382. The summed E-state index contributed by atoms with van der Waals surface area (Å²) in [5.41, 5.74) is 5.51. The molecule has 1 aromatic heterocycles. The summed E-state index contributed by atoms with van der Waals surface area (Å²) < 4.78 is 13.7. The van der Waals surface area contributed by atoms with Crippen LogP contribution in [0.2, 0.25) is 0 Å². The highest BCUT2D eigenvalue weighted by Gasteiger charge is 2.32. The number of halogens is 1. The molecule has 0 aromatic carbocycles. The minimum absolute atomic E-state index is 0.130. The Hall–Kier alpha value is -1.39. The van der Waals surface area contributed by atoms with Crippen molar-refractivity contribution in [2.75, 3.05) is 10.6 Å². The number of anilines is 2. The van der Waals surface area contributed by atoms with E-state index in [9.17, 15) is 4.39 Å². The summed E-state index contributed by atoms with van der Waals surface area (Å²) in [6.07, 6.45) is 4.30. The lowest BCUT2D eigenvalue weighted by molar-refractivity contribution is 0.568. The van der Waals surface area contributed by atoms with Gasteiger partial charge in [-0.1, -0.05) is 6.92 Å². The van der Waals surface area contributed by atoms with Gasteiger partial charge in [0.05, 0.1) is 6.20 Å². The van der Waals surface area contributed by atoms with Crippen molar-refractivity contribution in [2.45, 2.75) is 45.2 Å². The molecule has 2 unspecified atom stereocenters. The first kappa shape index (κ1) is 11.1. The van der Waals surface area contributed by atoms with Crippen LogP contribution in [0.1, 0.15) is 33.1 Å². The molecule has 0 saturated carbocycles. The maximum absolute atomic E-state index is 13.7. The van der Waals surface area contributed by atoms with E-state index in [4.69, 9.17) is 5.73 Å². The van der Waals surface area contributed by atoms with E-state index in [0.29, 0.717) is 17.9 Å². The minimum Gasteiger partial charge on any atom is -0.368 e. The molecule has 0 amide bonds. The number of aromatic nitrogens is 2. The number of hydrogen-bond donors (Lipinski definition) is 1. The quantitative estimate of drug-likeness (QED) is 0.834. The van der Waals surface area contributed by atoms with Crippen molar-refractivity contribution in [3.8, 4) is 0 Å². The van der Waals surface area contributed by atoms with E-state index < -0.39 is 0 Å². The number of rotatable bonds is 2. The second-order valence-corrected chi connectivity index (χ2v) is 4.30. The zero-order valence-electron chi connectivity index (χ0n) is 9.65. The van der Waals surface area contributed by atoms with Crippen molar-refractivity contribution in [1.82, 2.24) is 9.97 Å². The Kier molecular flexibility index (Phi) is 2.94. The zero-order valence-corrected chi connectivity index (χ0v) is 9.65. The minimum atomic E-state index is -0.388. The topological polar surface area (TPSA) is 55.0 Å². The Morgan fingerprint density at radius 1 is 1.56 bits per heavy atom. The first-order chi connectivity index (χ1) is 7.63. The molecule has 4 nitrogen and oxygen atoms in total. The van der Waals surface area contributed by atoms with E-state index in [0.717, 1.165) is 25.5 Å². The van der Waals surface area contributed by atoms with Crippen molar-refractivity contribution in [2.24, 2.45) is 0 Å². The molecule has 2 atom stereocenters. The molecule has 0 radical (unpaired) electrons. The molecule has 1 fully saturated rings. The van der Waals surface area contributed by atoms with Crippen LogP contribution in [0.4, 0.5) is 16.2 Å². The van der Waals surface area contributed by atoms with Crippen LogP contribution in [-0.4, -0.2) is 22.1 Å². The second kappa shape index (κ2) is 4.23. The van der Waals surface area contributed by atoms with Crippen molar-refractivity contribution in [1.29, 1.82) is 0 Å². The molecule has 2 N–H and O–H groups in total. The van der Waals surface area contributed by atoms with Gasteiger partial charge in [-0.2, -0.15) is 4.98 Å². The van der Waals surface area contributed by atoms with Gasteiger partial charge in [-0.25, -0.2) is 9.37 Å². The third-order valence-electron chi connectivity index (χ3n) is 3.25. The summed E-state index contributed by atoms with van der Waals surface area (Å²) in [4.78, 5) is 9.71. The van der Waals surface area contributed by atoms with Crippen LogP contribution in [0.3, 0.4) is 0 Å². The SMILES string of the molecule is CCC1CCC(C)N1c1nc(N)ncc1F. The van der Waals surface area contributed by atoms with Gasteiger partial charge < -0.3 is 10.6 Å². The summed E-state index contributed by atoms with van der Waals surface area (Å²) in [6.45, 7) is 4.20. The van der Waals surface area contributed by atoms with Gasteiger partial charge in [-0.3, -0.25) is 0 Å². The van der Waals surface area contributed by atoms with Gasteiger partial charge in [0.25, 0.3) is 0 Å². The van der Waals surface area contributed by atoms with Crippen molar-refractivity contribution in [3.63, 3.8) is 0 Å². The first-order valence-corrected chi connectivity index (χ1v) is 5.69. The van der Waals surface area contributed by atoms with Crippen LogP contribution in [0, 0.1) is 5.82 Å². The molecule has 0 bridgehead atoms. The summed E-state index contributed by atoms with van der Waals surface area (Å²) in [7, 11) is 0. The average Bonchev–Trinajstić information content (AvgIpc) is 2.63. The highest BCUT2D eigenvalue weighted by atomic mass is 19.1. The number of nitrogen functional groups attached to an aromatic ring is 1. The fourth-order valence-electron chi connectivity index (χ4n) is 2.41. The van der Waals surface area contributed by atoms with Gasteiger partial charge in [0, 0.05) is 12.1 Å². The molecule has 88 valence electrons. The van der Waals surface area contributed by atoms with Crippen LogP contribution in [0.5, 0.6) is 0 Å². The average molecular weight is 224 g/mol. The summed E-state index contributed by atoms with van der Waals surface area (Å²) in [5.74, 6) is 0.0936. The lowest BCUT2D eigenvalue weighted by Gasteiger charge is -2.29. The molecular weight excluding hydrogens is 207 g/mol. The lowest BCUT2D eigenvalue weighted by Crippen LogP contribution is -2.35. The summed E-state index contributed by atoms with van der Waals surface area (Å²) in [6, 6.07) is 0.674. The molecule has 1 aromatic rings. The monoisotopic (exact) mass is 224 g/mol. The van der Waals surface area contributed by atoms with E-state index in [-0.39, 0.29) is 11.8 Å². The van der Waals surface area contributed by atoms with Crippen LogP contribution >= 0.6 is 0 Å². The molecule has 2 rings (SSSR count). The number of nitrogens with zero attached hydrogens (tertiary/aromatic N) is 3. The molecular formula is C11H17FN4. The molecule has 2 heterocycles. The van der Waals surface area contributed by atoms with Crippen LogP contribution in [0.15, 0.2) is 6.20 Å². The van der Waals surface area contributed by atoms with Crippen LogP contribution < -0.4 is 10.6 Å². The maximum Gasteiger partial charge on any atom is 0.222 e. The number of nitrogens with two attached hydrogens (primary N) is 1. The van der Waals surface area contributed by atoms with Crippen LogP contribution in [-0.2, 0) is 0 Å². The van der Waals surface area contributed by atoms with Gasteiger partial charge in [0.15, 0.2) is 11.6 Å². The van der Waals surface area contributed by atoms with Gasteiger partial charge in [0.2, 0.25) is 5.95 Å². The van der Waals surface area contributed by atoms with Crippen molar-refractivity contribution >= 4 is 11.8 Å². The predicted molar refractivity (Wildman–Crippen MR) is 61.7 cm³/mol. The van der Waals surface area contributed by atoms with Gasteiger partial charge >= 0.3 is 0 Å². The molecule has 5 heteroatoms. The Balaban J connectivity index is 2.37.